The molecule has 1 aliphatic heterocycles. The summed E-state index contributed by atoms with van der Waals surface area (Å²) in [6.45, 7) is 9.30. The van der Waals surface area contributed by atoms with Gasteiger partial charge in [-0.2, -0.15) is 0 Å². The molecule has 1 aromatic rings. The van der Waals surface area contributed by atoms with Crippen molar-refractivity contribution in [1.29, 1.82) is 0 Å². The highest BCUT2D eigenvalue weighted by molar-refractivity contribution is 5.59. The van der Waals surface area contributed by atoms with Gasteiger partial charge in [0, 0.05) is 24.2 Å². The molecule has 94 valence electrons. The van der Waals surface area contributed by atoms with Gasteiger partial charge in [-0.15, -0.1) is 0 Å². The van der Waals surface area contributed by atoms with Crippen LogP contribution in [0.3, 0.4) is 0 Å². The Labute approximate surface area is 104 Å². The van der Waals surface area contributed by atoms with Crippen molar-refractivity contribution < 1.29 is 4.84 Å². The number of fused-ring (bicyclic) bond motifs is 1. The number of benzene rings is 1. The molecule has 0 saturated carbocycles. The molecule has 0 spiro atoms. The van der Waals surface area contributed by atoms with E-state index < -0.39 is 0 Å². The van der Waals surface area contributed by atoms with E-state index in [1.54, 1.807) is 0 Å². The zero-order valence-electron chi connectivity index (χ0n) is 11.0. The van der Waals surface area contributed by atoms with E-state index >= 15 is 0 Å². The third-order valence-corrected chi connectivity index (χ3v) is 3.68. The molecule has 0 saturated heterocycles. The molecule has 0 atom stereocenters. The van der Waals surface area contributed by atoms with Crippen LogP contribution in [0.1, 0.15) is 31.9 Å². The number of likely N-dealkylation sites (N-methyl/N-ethyl adjacent to an activating group) is 1. The van der Waals surface area contributed by atoms with Gasteiger partial charge in [-0.05, 0) is 30.5 Å². The molecule has 0 fully saturated rings. The van der Waals surface area contributed by atoms with Crippen molar-refractivity contribution in [2.24, 2.45) is 5.90 Å². The summed E-state index contributed by atoms with van der Waals surface area (Å²) in [7, 11) is 0. The molecule has 2 N–H and O–H groups in total. The van der Waals surface area contributed by atoms with E-state index in [0.29, 0.717) is 6.61 Å². The first-order valence-electron chi connectivity index (χ1n) is 6.28. The summed E-state index contributed by atoms with van der Waals surface area (Å²) in [5.41, 5.74) is 4.12. The minimum atomic E-state index is -0.0244. The van der Waals surface area contributed by atoms with Crippen LogP contribution in [0, 0.1) is 0 Å². The van der Waals surface area contributed by atoms with Crippen LogP contribution in [0.25, 0.3) is 0 Å². The fourth-order valence-electron chi connectivity index (χ4n) is 2.51. The van der Waals surface area contributed by atoms with Gasteiger partial charge in [0.15, 0.2) is 0 Å². The van der Waals surface area contributed by atoms with Crippen LogP contribution < -0.4 is 10.8 Å². The average Bonchev–Trinajstić information content (AvgIpc) is 2.70. The van der Waals surface area contributed by atoms with Crippen molar-refractivity contribution in [3.8, 4) is 0 Å². The van der Waals surface area contributed by atoms with Gasteiger partial charge in [-0.3, -0.25) is 0 Å². The first-order valence-corrected chi connectivity index (χ1v) is 6.28. The monoisotopic (exact) mass is 234 g/mol. The Balaban J connectivity index is 2.29. The molecule has 0 radical (unpaired) electrons. The highest BCUT2D eigenvalue weighted by Crippen LogP contribution is 2.32. The lowest BCUT2D eigenvalue weighted by molar-refractivity contribution is 0.0964. The van der Waals surface area contributed by atoms with E-state index in [1.165, 1.54) is 16.8 Å². The van der Waals surface area contributed by atoms with Crippen molar-refractivity contribution in [3.63, 3.8) is 0 Å². The van der Waals surface area contributed by atoms with Crippen LogP contribution in [0.4, 0.5) is 5.69 Å². The van der Waals surface area contributed by atoms with Crippen LogP contribution in [0.5, 0.6) is 0 Å². The lowest BCUT2D eigenvalue weighted by atomic mass is 9.84. The van der Waals surface area contributed by atoms with Gasteiger partial charge in [0.05, 0.1) is 6.61 Å². The summed E-state index contributed by atoms with van der Waals surface area (Å²) in [5, 5.41) is 0. The fourth-order valence-corrected chi connectivity index (χ4v) is 2.51. The van der Waals surface area contributed by atoms with Gasteiger partial charge >= 0.3 is 0 Å². The molecule has 0 amide bonds. The first kappa shape index (κ1) is 12.4. The molecule has 1 aromatic carbocycles. The maximum absolute atomic E-state index is 5.20. The van der Waals surface area contributed by atoms with Gasteiger partial charge in [-0.1, -0.05) is 26.0 Å². The number of nitrogens with zero attached hydrogens (tertiary/aromatic N) is 1. The summed E-state index contributed by atoms with van der Waals surface area (Å²) in [5.74, 6) is 5.20. The van der Waals surface area contributed by atoms with Crippen molar-refractivity contribution in [2.45, 2.75) is 32.6 Å². The number of anilines is 1. The van der Waals surface area contributed by atoms with E-state index in [-0.39, 0.29) is 5.41 Å². The third kappa shape index (κ3) is 2.31. The number of hydrogen-bond acceptors (Lipinski definition) is 3. The molecule has 0 bridgehead atoms. The molecular weight excluding hydrogens is 212 g/mol. The Morgan fingerprint density at radius 3 is 2.82 bits per heavy atom. The third-order valence-electron chi connectivity index (χ3n) is 3.68. The van der Waals surface area contributed by atoms with E-state index in [2.05, 4.69) is 43.9 Å². The summed E-state index contributed by atoms with van der Waals surface area (Å²) >= 11 is 0. The SMILES string of the molecule is CCN1CCc2cc(C(C)(C)CON)ccc21. The second kappa shape index (κ2) is 4.67. The highest BCUT2D eigenvalue weighted by Gasteiger charge is 2.24. The zero-order valence-corrected chi connectivity index (χ0v) is 11.0. The van der Waals surface area contributed by atoms with Crippen molar-refractivity contribution in [3.05, 3.63) is 29.3 Å². The van der Waals surface area contributed by atoms with E-state index in [4.69, 9.17) is 10.7 Å². The van der Waals surface area contributed by atoms with Crippen LogP contribution in [-0.4, -0.2) is 19.7 Å². The minimum Gasteiger partial charge on any atom is -0.371 e. The molecule has 1 heterocycles. The van der Waals surface area contributed by atoms with Gasteiger partial charge in [-0.25, -0.2) is 5.90 Å². The lowest BCUT2D eigenvalue weighted by Gasteiger charge is -2.25. The van der Waals surface area contributed by atoms with Crippen LogP contribution in [0.2, 0.25) is 0 Å². The Bertz CT molecular complexity index is 401. The smallest absolute Gasteiger partial charge is 0.0770 e. The second-order valence-electron chi connectivity index (χ2n) is 5.37. The zero-order chi connectivity index (χ0) is 12.5. The summed E-state index contributed by atoms with van der Waals surface area (Å²) in [6, 6.07) is 6.75. The van der Waals surface area contributed by atoms with E-state index in [0.717, 1.165) is 19.5 Å². The van der Waals surface area contributed by atoms with Gasteiger partial charge in [0.25, 0.3) is 0 Å². The normalized spacial score (nSPS) is 15.2. The quantitative estimate of drug-likeness (QED) is 0.812. The maximum Gasteiger partial charge on any atom is 0.0770 e. The van der Waals surface area contributed by atoms with E-state index in [9.17, 15) is 0 Å². The Morgan fingerprint density at radius 1 is 1.41 bits per heavy atom. The maximum atomic E-state index is 5.20. The Morgan fingerprint density at radius 2 is 2.18 bits per heavy atom. The second-order valence-corrected chi connectivity index (χ2v) is 5.37. The highest BCUT2D eigenvalue weighted by atomic mass is 16.6. The van der Waals surface area contributed by atoms with Crippen LogP contribution in [0.15, 0.2) is 18.2 Å². The average molecular weight is 234 g/mol. The molecule has 2 rings (SSSR count). The minimum absolute atomic E-state index is 0.0244. The molecule has 1 aliphatic rings. The molecule has 0 unspecified atom stereocenters. The predicted molar refractivity (Wildman–Crippen MR) is 71.2 cm³/mol. The van der Waals surface area contributed by atoms with Crippen LogP contribution >= 0.6 is 0 Å². The van der Waals surface area contributed by atoms with Gasteiger partial charge < -0.3 is 9.74 Å². The molecule has 17 heavy (non-hydrogen) atoms. The molecular formula is C14H22N2O. The Hall–Kier alpha value is -1.06. The predicted octanol–water partition coefficient (Wildman–Crippen LogP) is 2.24. The number of nitrogens with two attached hydrogens (primary N) is 1. The number of hydrogen-bond donors (Lipinski definition) is 1. The topological polar surface area (TPSA) is 38.5 Å². The van der Waals surface area contributed by atoms with Crippen molar-refractivity contribution in [2.75, 3.05) is 24.6 Å². The summed E-state index contributed by atoms with van der Waals surface area (Å²) < 4.78 is 0. The molecule has 3 nitrogen and oxygen atoms in total. The molecule has 3 heteroatoms. The van der Waals surface area contributed by atoms with Crippen molar-refractivity contribution in [1.82, 2.24) is 0 Å². The number of rotatable bonds is 4. The van der Waals surface area contributed by atoms with Gasteiger partial charge in [0.1, 0.15) is 0 Å². The fraction of sp³-hybridized carbons (Fsp3) is 0.571. The van der Waals surface area contributed by atoms with Crippen molar-refractivity contribution >= 4 is 5.69 Å². The lowest BCUT2D eigenvalue weighted by Crippen LogP contribution is -2.26. The Kier molecular flexibility index (Phi) is 3.40. The molecule has 0 aromatic heterocycles. The first-order chi connectivity index (χ1) is 8.08. The standard InChI is InChI=1S/C14H22N2O/c1-4-16-8-7-11-9-12(5-6-13(11)16)14(2,3)10-17-15/h5-6,9H,4,7-8,10,15H2,1-3H3. The van der Waals surface area contributed by atoms with Crippen LogP contribution in [-0.2, 0) is 16.7 Å². The largest absolute Gasteiger partial charge is 0.371 e. The van der Waals surface area contributed by atoms with Gasteiger partial charge in [0.2, 0.25) is 0 Å². The summed E-state index contributed by atoms with van der Waals surface area (Å²) in [4.78, 5) is 7.23. The summed E-state index contributed by atoms with van der Waals surface area (Å²) in [6.07, 6.45) is 1.15. The molecule has 0 aliphatic carbocycles. The van der Waals surface area contributed by atoms with E-state index in [1.807, 2.05) is 0 Å².